The van der Waals surface area contributed by atoms with Gasteiger partial charge in [-0.2, -0.15) is 0 Å². The second-order valence-corrected chi connectivity index (χ2v) is 2.43. The quantitative estimate of drug-likeness (QED) is 0.628. The van der Waals surface area contributed by atoms with Crippen LogP contribution in [0, 0.1) is 19.3 Å². The minimum Gasteiger partial charge on any atom is -0.374 e. The normalized spacial score (nSPS) is 8.73. The summed E-state index contributed by atoms with van der Waals surface area (Å²) in [6.07, 6.45) is 5.10. The van der Waals surface area contributed by atoms with Crippen molar-refractivity contribution in [3.8, 4) is 12.3 Å². The Kier molecular flexibility index (Phi) is 2.57. The van der Waals surface area contributed by atoms with E-state index in [0.29, 0.717) is 6.54 Å². The van der Waals surface area contributed by atoms with Crippen molar-refractivity contribution < 1.29 is 0 Å². The number of aryl methyl sites for hydroxylation is 1. The van der Waals surface area contributed by atoms with Crippen molar-refractivity contribution in [2.75, 3.05) is 11.9 Å². The van der Waals surface area contributed by atoms with Crippen molar-refractivity contribution >= 4 is 5.69 Å². The predicted octanol–water partition coefficient (Wildman–Crippen LogP) is 2.04. The number of hydrogen-bond acceptors (Lipinski definition) is 1. The molecular weight excluding hydrogens is 134 g/mol. The van der Waals surface area contributed by atoms with Gasteiger partial charge in [0.1, 0.15) is 0 Å². The summed E-state index contributed by atoms with van der Waals surface area (Å²) in [5.74, 6) is 2.52. The Balaban J connectivity index is 2.65. The number of benzene rings is 1. The molecule has 1 aromatic carbocycles. The van der Waals surface area contributed by atoms with E-state index < -0.39 is 0 Å². The van der Waals surface area contributed by atoms with Crippen molar-refractivity contribution in [2.24, 2.45) is 0 Å². The van der Waals surface area contributed by atoms with Crippen LogP contribution >= 0.6 is 0 Å². The molecule has 1 N–H and O–H groups in total. The molecule has 1 rings (SSSR count). The molecule has 56 valence electrons. The molecule has 0 aromatic heterocycles. The highest BCUT2D eigenvalue weighted by Gasteiger charge is 1.87. The fraction of sp³-hybridized carbons (Fsp3) is 0.200. The van der Waals surface area contributed by atoms with Crippen LogP contribution < -0.4 is 5.32 Å². The highest BCUT2D eigenvalue weighted by atomic mass is 14.8. The third-order valence-electron chi connectivity index (χ3n) is 1.41. The minimum absolute atomic E-state index is 0.587. The lowest BCUT2D eigenvalue weighted by atomic mass is 10.2. The molecule has 0 amide bonds. The van der Waals surface area contributed by atoms with E-state index in [1.165, 1.54) is 5.56 Å². The van der Waals surface area contributed by atoms with Crippen molar-refractivity contribution in [3.05, 3.63) is 29.8 Å². The minimum atomic E-state index is 0.587. The van der Waals surface area contributed by atoms with E-state index in [2.05, 4.69) is 30.3 Å². The molecule has 11 heavy (non-hydrogen) atoms. The summed E-state index contributed by atoms with van der Waals surface area (Å²) in [7, 11) is 0. The topological polar surface area (TPSA) is 12.0 Å². The van der Waals surface area contributed by atoms with E-state index in [1.54, 1.807) is 0 Å². The van der Waals surface area contributed by atoms with Crippen molar-refractivity contribution in [2.45, 2.75) is 6.92 Å². The second-order valence-electron chi connectivity index (χ2n) is 2.43. The van der Waals surface area contributed by atoms with Crippen LogP contribution in [-0.4, -0.2) is 6.54 Å². The first kappa shape index (κ1) is 7.68. The summed E-state index contributed by atoms with van der Waals surface area (Å²) in [6, 6.07) is 8.14. The first-order valence-corrected chi connectivity index (χ1v) is 3.57. The maximum Gasteiger partial charge on any atom is 0.0763 e. The summed E-state index contributed by atoms with van der Waals surface area (Å²) in [5.41, 5.74) is 2.33. The second kappa shape index (κ2) is 3.68. The van der Waals surface area contributed by atoms with Gasteiger partial charge in [0, 0.05) is 5.69 Å². The molecule has 0 saturated carbocycles. The lowest BCUT2D eigenvalue weighted by Crippen LogP contribution is -1.97. The van der Waals surface area contributed by atoms with Gasteiger partial charge in [0.25, 0.3) is 0 Å². The smallest absolute Gasteiger partial charge is 0.0763 e. The number of rotatable bonds is 2. The van der Waals surface area contributed by atoms with Crippen molar-refractivity contribution in [1.82, 2.24) is 0 Å². The maximum absolute atomic E-state index is 5.10. The Morgan fingerprint density at radius 1 is 1.55 bits per heavy atom. The molecule has 0 saturated heterocycles. The Morgan fingerprint density at radius 3 is 3.00 bits per heavy atom. The molecule has 0 fully saturated rings. The lowest BCUT2D eigenvalue weighted by molar-refractivity contribution is 1.36. The summed E-state index contributed by atoms with van der Waals surface area (Å²) in [4.78, 5) is 0. The Morgan fingerprint density at radius 2 is 2.36 bits per heavy atom. The average Bonchev–Trinajstić information content (AvgIpc) is 2.01. The van der Waals surface area contributed by atoms with Crippen LogP contribution in [0.3, 0.4) is 0 Å². The number of terminal acetylenes is 1. The van der Waals surface area contributed by atoms with Crippen LogP contribution in [0.4, 0.5) is 5.69 Å². The maximum atomic E-state index is 5.10. The molecule has 0 aliphatic rings. The van der Waals surface area contributed by atoms with Crippen molar-refractivity contribution in [1.29, 1.82) is 0 Å². The standard InChI is InChI=1S/C10H11N/c1-3-7-11-10-6-4-5-9(2)8-10/h1,4-6,8,11H,7H2,2H3. The Hall–Kier alpha value is -1.42. The van der Waals surface area contributed by atoms with Gasteiger partial charge in [0.05, 0.1) is 6.54 Å². The zero-order valence-electron chi connectivity index (χ0n) is 6.59. The van der Waals surface area contributed by atoms with Gasteiger partial charge < -0.3 is 5.32 Å². The van der Waals surface area contributed by atoms with Gasteiger partial charge in [-0.15, -0.1) is 6.42 Å². The first-order valence-electron chi connectivity index (χ1n) is 3.57. The van der Waals surface area contributed by atoms with Gasteiger partial charge in [0.2, 0.25) is 0 Å². The average molecular weight is 145 g/mol. The van der Waals surface area contributed by atoms with E-state index in [1.807, 2.05) is 12.1 Å². The van der Waals surface area contributed by atoms with Gasteiger partial charge in [-0.25, -0.2) is 0 Å². The molecule has 0 aliphatic carbocycles. The molecule has 0 spiro atoms. The summed E-state index contributed by atoms with van der Waals surface area (Å²) in [6.45, 7) is 2.64. The van der Waals surface area contributed by atoms with Gasteiger partial charge in [-0.3, -0.25) is 0 Å². The molecule has 0 aliphatic heterocycles. The summed E-state index contributed by atoms with van der Waals surface area (Å²) < 4.78 is 0. The molecule has 0 unspecified atom stereocenters. The molecule has 1 aromatic rings. The van der Waals surface area contributed by atoms with Crippen molar-refractivity contribution in [3.63, 3.8) is 0 Å². The van der Waals surface area contributed by atoms with Crippen LogP contribution in [0.1, 0.15) is 5.56 Å². The van der Waals surface area contributed by atoms with Crippen LogP contribution in [0.25, 0.3) is 0 Å². The SMILES string of the molecule is C#CCNc1cccc(C)c1. The zero-order chi connectivity index (χ0) is 8.10. The van der Waals surface area contributed by atoms with E-state index in [9.17, 15) is 0 Å². The molecule has 0 bridgehead atoms. The van der Waals surface area contributed by atoms with Crippen LogP contribution in [0.5, 0.6) is 0 Å². The highest BCUT2D eigenvalue weighted by Crippen LogP contribution is 2.08. The van der Waals surface area contributed by atoms with Crippen LogP contribution in [0.2, 0.25) is 0 Å². The fourth-order valence-corrected chi connectivity index (χ4v) is 0.908. The van der Waals surface area contributed by atoms with E-state index in [4.69, 9.17) is 6.42 Å². The monoisotopic (exact) mass is 145 g/mol. The largest absolute Gasteiger partial charge is 0.374 e. The molecular formula is C10H11N. The lowest BCUT2D eigenvalue weighted by Gasteiger charge is -2.01. The zero-order valence-corrected chi connectivity index (χ0v) is 6.59. The summed E-state index contributed by atoms with van der Waals surface area (Å²) >= 11 is 0. The Bertz CT molecular complexity index is 270. The summed E-state index contributed by atoms with van der Waals surface area (Å²) in [5, 5.41) is 3.10. The third kappa shape index (κ3) is 2.35. The molecule has 0 heterocycles. The predicted molar refractivity (Wildman–Crippen MR) is 48.5 cm³/mol. The number of hydrogen-bond donors (Lipinski definition) is 1. The number of nitrogens with one attached hydrogen (secondary N) is 1. The molecule has 1 heteroatoms. The third-order valence-corrected chi connectivity index (χ3v) is 1.41. The van der Waals surface area contributed by atoms with Gasteiger partial charge >= 0.3 is 0 Å². The molecule has 0 radical (unpaired) electrons. The fourth-order valence-electron chi connectivity index (χ4n) is 0.908. The molecule has 1 nitrogen and oxygen atoms in total. The first-order chi connectivity index (χ1) is 5.33. The van der Waals surface area contributed by atoms with E-state index in [-0.39, 0.29) is 0 Å². The Labute approximate surface area is 67.4 Å². The van der Waals surface area contributed by atoms with E-state index in [0.717, 1.165) is 5.69 Å². The van der Waals surface area contributed by atoms with Crippen LogP contribution in [0.15, 0.2) is 24.3 Å². The van der Waals surface area contributed by atoms with Gasteiger partial charge in [0.15, 0.2) is 0 Å². The number of anilines is 1. The molecule has 0 atom stereocenters. The van der Waals surface area contributed by atoms with E-state index >= 15 is 0 Å². The van der Waals surface area contributed by atoms with Gasteiger partial charge in [-0.05, 0) is 24.6 Å². The highest BCUT2D eigenvalue weighted by molar-refractivity contribution is 5.46. The van der Waals surface area contributed by atoms with Gasteiger partial charge in [-0.1, -0.05) is 18.1 Å². The van der Waals surface area contributed by atoms with Crippen LogP contribution in [-0.2, 0) is 0 Å².